The Kier molecular flexibility index (Phi) is 5.07. The minimum absolute atomic E-state index is 0.159. The first-order chi connectivity index (χ1) is 12.6. The maximum absolute atomic E-state index is 11.6. The fourth-order valence-electron chi connectivity index (χ4n) is 2.60. The first-order valence-electron chi connectivity index (χ1n) is 8.08. The van der Waals surface area contributed by atoms with Crippen LogP contribution in [-0.4, -0.2) is 28.2 Å². The minimum atomic E-state index is -0.467. The van der Waals surface area contributed by atoms with E-state index in [0.717, 1.165) is 17.0 Å². The fraction of sp³-hybridized carbons (Fsp3) is 0.158. The number of nitrogens with one attached hydrogen (secondary N) is 1. The van der Waals surface area contributed by atoms with E-state index < -0.39 is 5.91 Å². The lowest BCUT2D eigenvalue weighted by Gasteiger charge is -2.14. The molecule has 26 heavy (non-hydrogen) atoms. The van der Waals surface area contributed by atoms with Crippen molar-refractivity contribution in [1.82, 2.24) is 15.2 Å². The Bertz CT molecular complexity index is 895. The van der Waals surface area contributed by atoms with E-state index in [0.29, 0.717) is 17.2 Å². The summed E-state index contributed by atoms with van der Waals surface area (Å²) in [7, 11) is 1.62. The predicted octanol–water partition coefficient (Wildman–Crippen LogP) is 2.87. The number of ether oxygens (including phenoxy) is 1. The molecule has 0 saturated carbocycles. The Morgan fingerprint density at radius 3 is 2.46 bits per heavy atom. The number of anilines is 2. The largest absolute Gasteiger partial charge is 0.497 e. The highest BCUT2D eigenvalue weighted by Gasteiger charge is 2.17. The number of methoxy groups -OCH3 is 1. The number of rotatable bonds is 6. The van der Waals surface area contributed by atoms with Gasteiger partial charge in [-0.05, 0) is 35.9 Å². The van der Waals surface area contributed by atoms with E-state index in [1.165, 1.54) is 0 Å². The van der Waals surface area contributed by atoms with Crippen LogP contribution in [0.15, 0.2) is 54.7 Å². The molecule has 1 unspecified atom stereocenters. The summed E-state index contributed by atoms with van der Waals surface area (Å²) in [6.07, 6.45) is 1.64. The molecule has 1 amide bonds. The van der Waals surface area contributed by atoms with Crippen LogP contribution in [0.5, 0.6) is 5.75 Å². The summed E-state index contributed by atoms with van der Waals surface area (Å²) in [6, 6.07) is 14.6. The van der Waals surface area contributed by atoms with Crippen LogP contribution in [0, 0.1) is 0 Å². The Morgan fingerprint density at radius 2 is 1.85 bits per heavy atom. The third-order valence-corrected chi connectivity index (χ3v) is 4.06. The minimum Gasteiger partial charge on any atom is -0.497 e. The molecular formula is C19H19N5O2. The Hall–Kier alpha value is -3.48. The molecule has 1 atom stereocenters. The summed E-state index contributed by atoms with van der Waals surface area (Å²) in [5.41, 5.74) is 8.20. The van der Waals surface area contributed by atoms with Crippen molar-refractivity contribution in [2.75, 3.05) is 12.4 Å². The quantitative estimate of drug-likeness (QED) is 0.709. The Balaban J connectivity index is 1.77. The monoisotopic (exact) mass is 349 g/mol. The third-order valence-electron chi connectivity index (χ3n) is 4.06. The van der Waals surface area contributed by atoms with Crippen LogP contribution in [-0.2, 0) is 0 Å². The van der Waals surface area contributed by atoms with Crippen molar-refractivity contribution in [1.29, 1.82) is 0 Å². The molecule has 3 rings (SSSR count). The van der Waals surface area contributed by atoms with Gasteiger partial charge in [-0.25, -0.2) is 4.98 Å². The fourth-order valence-corrected chi connectivity index (χ4v) is 2.60. The molecular weight excluding hydrogens is 330 g/mol. The molecule has 0 saturated heterocycles. The van der Waals surface area contributed by atoms with Gasteiger partial charge in [-0.1, -0.05) is 25.1 Å². The molecule has 0 aliphatic carbocycles. The first-order valence-corrected chi connectivity index (χ1v) is 8.08. The van der Waals surface area contributed by atoms with Crippen LogP contribution in [0.1, 0.15) is 34.5 Å². The number of hydrogen-bond donors (Lipinski definition) is 2. The van der Waals surface area contributed by atoms with E-state index in [-0.39, 0.29) is 5.92 Å². The highest BCUT2D eigenvalue weighted by atomic mass is 16.5. The lowest BCUT2D eigenvalue weighted by Crippen LogP contribution is -2.15. The summed E-state index contributed by atoms with van der Waals surface area (Å²) < 4.78 is 5.13. The van der Waals surface area contributed by atoms with Crippen LogP contribution in [0.3, 0.4) is 0 Å². The zero-order valence-electron chi connectivity index (χ0n) is 14.5. The maximum Gasteiger partial charge on any atom is 0.248 e. The smallest absolute Gasteiger partial charge is 0.248 e. The number of carbonyl (C=O) groups is 1. The van der Waals surface area contributed by atoms with Gasteiger partial charge in [0, 0.05) is 17.2 Å². The molecule has 1 heterocycles. The number of aromatic nitrogens is 3. The molecule has 7 heteroatoms. The Labute approximate surface area is 151 Å². The van der Waals surface area contributed by atoms with E-state index in [1.807, 2.05) is 43.3 Å². The van der Waals surface area contributed by atoms with Crippen molar-refractivity contribution >= 4 is 17.5 Å². The van der Waals surface area contributed by atoms with Crippen molar-refractivity contribution in [3.8, 4) is 5.75 Å². The van der Waals surface area contributed by atoms with E-state index in [9.17, 15) is 4.79 Å². The van der Waals surface area contributed by atoms with Gasteiger partial charge in [-0.3, -0.25) is 4.79 Å². The van der Waals surface area contributed by atoms with Crippen LogP contribution in [0.4, 0.5) is 11.6 Å². The van der Waals surface area contributed by atoms with Gasteiger partial charge in [0.1, 0.15) is 5.75 Å². The molecule has 0 fully saturated rings. The van der Waals surface area contributed by atoms with Gasteiger partial charge in [-0.15, -0.1) is 10.2 Å². The Morgan fingerprint density at radius 1 is 1.12 bits per heavy atom. The predicted molar refractivity (Wildman–Crippen MR) is 98.6 cm³/mol. The van der Waals surface area contributed by atoms with E-state index in [4.69, 9.17) is 10.5 Å². The molecule has 0 aliphatic heterocycles. The van der Waals surface area contributed by atoms with Gasteiger partial charge < -0.3 is 15.8 Å². The number of nitrogens with zero attached hydrogens (tertiary/aromatic N) is 3. The molecule has 1 aromatic heterocycles. The maximum atomic E-state index is 11.6. The van der Waals surface area contributed by atoms with Crippen molar-refractivity contribution in [3.05, 3.63) is 71.5 Å². The number of amides is 1. The molecule has 132 valence electrons. The lowest BCUT2D eigenvalue weighted by atomic mass is 9.93. The summed E-state index contributed by atoms with van der Waals surface area (Å²) in [6.45, 7) is 1.93. The van der Waals surface area contributed by atoms with E-state index in [2.05, 4.69) is 20.5 Å². The highest BCUT2D eigenvalue weighted by Crippen LogP contribution is 2.25. The number of carbonyl (C=O) groups excluding carboxylic acids is 1. The molecule has 3 N–H and O–H groups in total. The molecule has 0 radical (unpaired) electrons. The van der Waals surface area contributed by atoms with Gasteiger partial charge >= 0.3 is 0 Å². The number of nitrogens with two attached hydrogens (primary N) is 1. The highest BCUT2D eigenvalue weighted by molar-refractivity contribution is 5.94. The second kappa shape index (κ2) is 7.60. The molecule has 0 aliphatic rings. The molecule has 3 aromatic rings. The van der Waals surface area contributed by atoms with E-state index >= 15 is 0 Å². The van der Waals surface area contributed by atoms with Gasteiger partial charge in [-0.2, -0.15) is 0 Å². The van der Waals surface area contributed by atoms with Gasteiger partial charge in [0.25, 0.3) is 0 Å². The lowest BCUT2D eigenvalue weighted by molar-refractivity contribution is 0.0999. The zero-order valence-corrected chi connectivity index (χ0v) is 14.5. The van der Waals surface area contributed by atoms with Crippen LogP contribution < -0.4 is 15.8 Å². The van der Waals surface area contributed by atoms with Crippen molar-refractivity contribution in [2.24, 2.45) is 5.73 Å². The standard InChI is InChI=1S/C19H19N5O2/c1-12(15-5-3-4-6-16(15)18(20)25)17-11-21-19(24-23-17)22-13-7-9-14(26-2)10-8-13/h3-12H,1-2H3,(H2,20,25)(H,21,22,24). The SMILES string of the molecule is COc1ccc(Nc2ncc(C(C)c3ccccc3C(N)=O)nn2)cc1. The normalized spacial score (nSPS) is 11.6. The van der Waals surface area contributed by atoms with Crippen LogP contribution in [0.25, 0.3) is 0 Å². The van der Waals surface area contributed by atoms with Gasteiger partial charge in [0.05, 0.1) is 19.0 Å². The number of primary amides is 1. The van der Waals surface area contributed by atoms with Gasteiger partial charge in [0.2, 0.25) is 11.9 Å². The van der Waals surface area contributed by atoms with Gasteiger partial charge in [0.15, 0.2) is 0 Å². The number of hydrogen-bond acceptors (Lipinski definition) is 6. The molecule has 0 bridgehead atoms. The average Bonchev–Trinajstić information content (AvgIpc) is 2.68. The second-order valence-electron chi connectivity index (χ2n) is 5.73. The summed E-state index contributed by atoms with van der Waals surface area (Å²) in [4.78, 5) is 15.9. The summed E-state index contributed by atoms with van der Waals surface area (Å²) in [5.74, 6) is 0.529. The van der Waals surface area contributed by atoms with Crippen molar-refractivity contribution in [3.63, 3.8) is 0 Å². The van der Waals surface area contributed by atoms with Crippen molar-refractivity contribution in [2.45, 2.75) is 12.8 Å². The van der Waals surface area contributed by atoms with Crippen molar-refractivity contribution < 1.29 is 9.53 Å². The molecule has 0 spiro atoms. The summed E-state index contributed by atoms with van der Waals surface area (Å²) in [5, 5.41) is 11.4. The van der Waals surface area contributed by atoms with E-state index in [1.54, 1.807) is 25.4 Å². The molecule has 7 nitrogen and oxygen atoms in total. The summed E-state index contributed by atoms with van der Waals surface area (Å²) >= 11 is 0. The van der Waals surface area contributed by atoms with Crippen LogP contribution in [0.2, 0.25) is 0 Å². The third kappa shape index (κ3) is 3.77. The first kappa shape index (κ1) is 17.3. The topological polar surface area (TPSA) is 103 Å². The second-order valence-corrected chi connectivity index (χ2v) is 5.73. The average molecular weight is 349 g/mol. The van der Waals surface area contributed by atoms with Crippen LogP contribution >= 0.6 is 0 Å². The molecule has 2 aromatic carbocycles. The zero-order chi connectivity index (χ0) is 18.5. The number of benzene rings is 2.